The van der Waals surface area contributed by atoms with E-state index >= 15 is 0 Å². The van der Waals surface area contributed by atoms with Gasteiger partial charge in [-0.15, -0.1) is 0 Å². The summed E-state index contributed by atoms with van der Waals surface area (Å²) in [5.41, 5.74) is 1.53. The van der Waals surface area contributed by atoms with E-state index in [2.05, 4.69) is 9.47 Å². The van der Waals surface area contributed by atoms with E-state index in [0.717, 1.165) is 11.8 Å². The number of cyclic esters (lactones) is 2. The maximum absolute atomic E-state index is 11.0. The van der Waals surface area contributed by atoms with Crippen LogP contribution in [0.25, 0.3) is 0 Å². The molecule has 2 aromatic rings. The molecule has 1 aliphatic heterocycles. The van der Waals surface area contributed by atoms with Crippen molar-refractivity contribution < 1.29 is 33.3 Å². The lowest BCUT2D eigenvalue weighted by molar-refractivity contribution is -0.181. The molecule has 7 nitrogen and oxygen atoms in total. The highest BCUT2D eigenvalue weighted by Crippen LogP contribution is 2.30. The lowest BCUT2D eigenvalue weighted by atomic mass is 10.2. The number of rotatable bonds is 5. The van der Waals surface area contributed by atoms with Gasteiger partial charge < -0.3 is 18.9 Å². The largest absolute Gasteiger partial charge is 0.493 e. The van der Waals surface area contributed by atoms with Crippen molar-refractivity contribution in [2.24, 2.45) is 0 Å². The van der Waals surface area contributed by atoms with Crippen LogP contribution < -0.4 is 9.47 Å². The fourth-order valence-corrected chi connectivity index (χ4v) is 2.05. The Balaban J connectivity index is 0.000000254. The monoisotopic (exact) mass is 358 g/mol. The minimum atomic E-state index is -0.513. The topological polar surface area (TPSA) is 88.1 Å². The Kier molecular flexibility index (Phi) is 7.17. The van der Waals surface area contributed by atoms with Crippen LogP contribution in [-0.2, 0) is 25.7 Å². The van der Waals surface area contributed by atoms with Crippen molar-refractivity contribution in [3.05, 3.63) is 59.7 Å². The first kappa shape index (κ1) is 19.0. The van der Waals surface area contributed by atoms with Gasteiger partial charge in [0.1, 0.15) is 13.0 Å². The molecule has 3 rings (SSSR count). The molecule has 136 valence electrons. The van der Waals surface area contributed by atoms with Crippen LogP contribution in [0.4, 0.5) is 0 Å². The summed E-state index contributed by atoms with van der Waals surface area (Å²) >= 11 is 0. The highest BCUT2D eigenvalue weighted by Gasteiger charge is 2.17. The van der Waals surface area contributed by atoms with E-state index < -0.39 is 11.9 Å². The van der Waals surface area contributed by atoms with Gasteiger partial charge in [0.15, 0.2) is 17.8 Å². The molecule has 0 amide bonds. The van der Waals surface area contributed by atoms with Crippen LogP contribution >= 0.6 is 0 Å². The summed E-state index contributed by atoms with van der Waals surface area (Å²) in [4.78, 5) is 31.3. The van der Waals surface area contributed by atoms with Crippen molar-refractivity contribution in [3.8, 4) is 11.5 Å². The average molecular weight is 358 g/mol. The molecular weight excluding hydrogens is 340 g/mol. The number of para-hydroxylation sites is 1. The molecular formula is C19H18O7. The zero-order valence-electron chi connectivity index (χ0n) is 14.2. The van der Waals surface area contributed by atoms with E-state index in [1.165, 1.54) is 0 Å². The third-order valence-electron chi connectivity index (χ3n) is 3.31. The van der Waals surface area contributed by atoms with E-state index in [1.807, 2.05) is 30.3 Å². The maximum atomic E-state index is 11.0. The first-order chi connectivity index (χ1) is 12.6. The van der Waals surface area contributed by atoms with Crippen molar-refractivity contribution in [1.29, 1.82) is 0 Å². The Morgan fingerprint density at radius 2 is 1.69 bits per heavy atom. The van der Waals surface area contributed by atoms with E-state index in [-0.39, 0.29) is 13.2 Å². The molecule has 0 aliphatic carbocycles. The molecule has 1 heterocycles. The third-order valence-corrected chi connectivity index (χ3v) is 3.31. The van der Waals surface area contributed by atoms with Gasteiger partial charge in [-0.2, -0.15) is 0 Å². The Morgan fingerprint density at radius 1 is 1.00 bits per heavy atom. The second-order valence-electron chi connectivity index (χ2n) is 5.10. The molecule has 0 radical (unpaired) electrons. The number of esters is 2. The van der Waals surface area contributed by atoms with Gasteiger partial charge in [-0.25, -0.2) is 0 Å². The quantitative estimate of drug-likeness (QED) is 0.461. The number of carbonyl (C=O) groups is 3. The molecule has 1 aliphatic rings. The van der Waals surface area contributed by atoms with Gasteiger partial charge in [0.2, 0.25) is 6.79 Å². The van der Waals surface area contributed by atoms with Crippen molar-refractivity contribution in [3.63, 3.8) is 0 Å². The van der Waals surface area contributed by atoms with Crippen molar-refractivity contribution in [1.82, 2.24) is 0 Å². The van der Waals surface area contributed by atoms with E-state index in [0.29, 0.717) is 23.7 Å². The lowest BCUT2D eigenvalue weighted by Crippen LogP contribution is -2.22. The Labute approximate surface area is 150 Å². The summed E-state index contributed by atoms with van der Waals surface area (Å²) in [5, 5.41) is 0. The average Bonchev–Trinajstić information content (AvgIpc) is 2.67. The zero-order valence-corrected chi connectivity index (χ0v) is 14.2. The minimum absolute atomic E-state index is 0.225. The molecule has 1 fully saturated rings. The van der Waals surface area contributed by atoms with Crippen LogP contribution in [0.3, 0.4) is 0 Å². The van der Waals surface area contributed by atoms with Gasteiger partial charge in [0.05, 0.1) is 12.7 Å². The van der Waals surface area contributed by atoms with Gasteiger partial charge in [-0.05, 0) is 17.7 Å². The molecule has 0 atom stereocenters. The van der Waals surface area contributed by atoms with Crippen molar-refractivity contribution in [2.75, 3.05) is 13.9 Å². The number of hydrogen-bond donors (Lipinski definition) is 0. The van der Waals surface area contributed by atoms with Crippen LogP contribution in [0.2, 0.25) is 0 Å². The molecule has 0 N–H and O–H groups in total. The fraction of sp³-hybridized carbons (Fsp3) is 0.211. The SMILES string of the molecule is COc1cccc(C=O)c1OCc1ccccc1.O=C1CC(=O)OCO1. The predicted molar refractivity (Wildman–Crippen MR) is 90.8 cm³/mol. The zero-order chi connectivity index (χ0) is 18.8. The first-order valence-corrected chi connectivity index (χ1v) is 7.74. The second-order valence-corrected chi connectivity index (χ2v) is 5.10. The molecule has 1 saturated heterocycles. The fourth-order valence-electron chi connectivity index (χ4n) is 2.05. The van der Waals surface area contributed by atoms with Gasteiger partial charge in [0.25, 0.3) is 0 Å². The van der Waals surface area contributed by atoms with Crippen molar-refractivity contribution >= 4 is 18.2 Å². The van der Waals surface area contributed by atoms with E-state index in [4.69, 9.17) is 9.47 Å². The maximum Gasteiger partial charge on any atom is 0.320 e. The normalized spacial score (nSPS) is 12.8. The number of ether oxygens (including phenoxy) is 4. The number of hydrogen-bond acceptors (Lipinski definition) is 7. The molecule has 0 unspecified atom stereocenters. The minimum Gasteiger partial charge on any atom is -0.493 e. The standard InChI is InChI=1S/C15H14O3.C4H4O4/c1-17-14-9-5-8-13(10-16)15(14)18-11-12-6-3-2-4-7-12;5-3-1-4(6)8-2-7-3/h2-10H,11H2,1H3;1-2H2. The Hall–Kier alpha value is -3.35. The molecule has 26 heavy (non-hydrogen) atoms. The van der Waals surface area contributed by atoms with Crippen LogP contribution in [0.5, 0.6) is 11.5 Å². The molecule has 0 aromatic heterocycles. The highest BCUT2D eigenvalue weighted by atomic mass is 16.7. The highest BCUT2D eigenvalue weighted by molar-refractivity contribution is 5.92. The summed E-state index contributed by atoms with van der Waals surface area (Å²) < 4.78 is 19.4. The molecule has 7 heteroatoms. The van der Waals surface area contributed by atoms with Gasteiger partial charge >= 0.3 is 11.9 Å². The molecule has 2 aromatic carbocycles. The smallest absolute Gasteiger partial charge is 0.320 e. The summed E-state index contributed by atoms with van der Waals surface area (Å²) in [6.07, 6.45) is 0.517. The summed E-state index contributed by atoms with van der Waals surface area (Å²) in [6, 6.07) is 15.0. The summed E-state index contributed by atoms with van der Waals surface area (Å²) in [7, 11) is 1.55. The van der Waals surface area contributed by atoms with Crippen LogP contribution in [0.15, 0.2) is 48.5 Å². The number of methoxy groups -OCH3 is 1. The van der Waals surface area contributed by atoms with E-state index in [9.17, 15) is 14.4 Å². The van der Waals surface area contributed by atoms with Crippen LogP contribution in [-0.4, -0.2) is 32.1 Å². The van der Waals surface area contributed by atoms with Crippen LogP contribution in [0.1, 0.15) is 22.3 Å². The summed E-state index contributed by atoms with van der Waals surface area (Å²) in [5.74, 6) is 0.0249. The Bertz CT molecular complexity index is 742. The van der Waals surface area contributed by atoms with Gasteiger partial charge in [-0.3, -0.25) is 14.4 Å². The second kappa shape index (κ2) is 9.83. The van der Waals surface area contributed by atoms with Gasteiger partial charge in [-0.1, -0.05) is 36.4 Å². The third kappa shape index (κ3) is 5.62. The van der Waals surface area contributed by atoms with Crippen molar-refractivity contribution in [2.45, 2.75) is 13.0 Å². The number of carbonyl (C=O) groups excluding carboxylic acids is 3. The molecule has 0 spiro atoms. The summed E-state index contributed by atoms with van der Waals surface area (Å²) in [6.45, 7) is 0.180. The molecule has 0 saturated carbocycles. The van der Waals surface area contributed by atoms with Crippen LogP contribution in [0, 0.1) is 0 Å². The molecule has 0 bridgehead atoms. The Morgan fingerprint density at radius 3 is 2.23 bits per heavy atom. The lowest BCUT2D eigenvalue weighted by Gasteiger charge is -2.12. The number of benzene rings is 2. The first-order valence-electron chi connectivity index (χ1n) is 7.74. The number of aldehydes is 1. The van der Waals surface area contributed by atoms with Gasteiger partial charge in [0, 0.05) is 0 Å². The van der Waals surface area contributed by atoms with E-state index in [1.54, 1.807) is 25.3 Å². The predicted octanol–water partition coefficient (Wildman–Crippen LogP) is 2.52.